The minimum atomic E-state index is -0.186. The summed E-state index contributed by atoms with van der Waals surface area (Å²) in [7, 11) is 0. The van der Waals surface area contributed by atoms with E-state index in [0.29, 0.717) is 10.7 Å². The number of hydrogen-bond donors (Lipinski definition) is 2. The number of thiophene rings is 1. The van der Waals surface area contributed by atoms with Crippen LogP contribution in [0.15, 0.2) is 34.5 Å². The number of nitrogens with one attached hydrogen (secondary N) is 2. The molecule has 3 aromatic heterocycles. The lowest BCUT2D eigenvalue weighted by Crippen LogP contribution is -2.13. The lowest BCUT2D eigenvalue weighted by Gasteiger charge is -2.00. The van der Waals surface area contributed by atoms with Gasteiger partial charge in [0.25, 0.3) is 5.91 Å². The van der Waals surface area contributed by atoms with Crippen LogP contribution in [-0.2, 0) is 6.42 Å². The minimum Gasteiger partial charge on any atom is -0.472 e. The Morgan fingerprint density at radius 1 is 1.50 bits per heavy atom. The van der Waals surface area contributed by atoms with Crippen LogP contribution in [0.2, 0.25) is 0 Å². The van der Waals surface area contributed by atoms with Crippen molar-refractivity contribution in [2.45, 2.75) is 13.3 Å². The zero-order valence-electron chi connectivity index (χ0n) is 10.7. The molecule has 0 unspecified atom stereocenters. The number of aromatic nitrogens is 3. The van der Waals surface area contributed by atoms with Gasteiger partial charge in [-0.05, 0) is 29.5 Å². The van der Waals surface area contributed by atoms with Crippen LogP contribution in [-0.4, -0.2) is 21.1 Å². The van der Waals surface area contributed by atoms with Crippen molar-refractivity contribution >= 4 is 23.2 Å². The fraction of sp³-hybridized carbons (Fsp3) is 0.154. The molecule has 6 nitrogen and oxygen atoms in total. The van der Waals surface area contributed by atoms with Gasteiger partial charge < -0.3 is 4.42 Å². The number of carbonyl (C=O) groups excluding carboxylic acids is 1. The van der Waals surface area contributed by atoms with Gasteiger partial charge in [0.05, 0.1) is 16.7 Å². The van der Waals surface area contributed by atoms with Gasteiger partial charge in [-0.15, -0.1) is 16.4 Å². The molecule has 0 fully saturated rings. The van der Waals surface area contributed by atoms with Gasteiger partial charge in [0.1, 0.15) is 6.26 Å². The lowest BCUT2D eigenvalue weighted by molar-refractivity contribution is 0.102. The number of anilines is 1. The van der Waals surface area contributed by atoms with Gasteiger partial charge in [-0.25, -0.2) is 0 Å². The first-order valence-corrected chi connectivity index (χ1v) is 6.98. The summed E-state index contributed by atoms with van der Waals surface area (Å²) in [6, 6.07) is 3.72. The van der Waals surface area contributed by atoms with Crippen LogP contribution >= 0.6 is 11.3 Å². The number of nitrogens with zero attached hydrogens (tertiary/aromatic N) is 2. The average Bonchev–Trinajstić information content (AvgIpc) is 3.19. The van der Waals surface area contributed by atoms with Crippen molar-refractivity contribution in [3.63, 3.8) is 0 Å². The molecule has 3 heterocycles. The lowest BCUT2D eigenvalue weighted by atomic mass is 10.2. The summed E-state index contributed by atoms with van der Waals surface area (Å²) >= 11 is 1.41. The van der Waals surface area contributed by atoms with Crippen LogP contribution in [0.1, 0.15) is 22.2 Å². The third kappa shape index (κ3) is 2.35. The summed E-state index contributed by atoms with van der Waals surface area (Å²) in [4.78, 5) is 17.0. The third-order valence-corrected chi connectivity index (χ3v) is 3.79. The van der Waals surface area contributed by atoms with Gasteiger partial charge in [-0.3, -0.25) is 15.2 Å². The van der Waals surface area contributed by atoms with Gasteiger partial charge in [-0.1, -0.05) is 6.92 Å². The van der Waals surface area contributed by atoms with E-state index in [4.69, 9.17) is 4.42 Å². The van der Waals surface area contributed by atoms with Crippen molar-refractivity contribution in [3.8, 4) is 11.4 Å². The second-order valence-electron chi connectivity index (χ2n) is 4.10. The monoisotopic (exact) mass is 288 g/mol. The first kappa shape index (κ1) is 12.6. The minimum absolute atomic E-state index is 0.186. The van der Waals surface area contributed by atoms with Crippen LogP contribution in [0.5, 0.6) is 0 Å². The summed E-state index contributed by atoms with van der Waals surface area (Å²) in [5.41, 5.74) is 1.81. The van der Waals surface area contributed by atoms with Crippen molar-refractivity contribution in [2.24, 2.45) is 0 Å². The van der Waals surface area contributed by atoms with Crippen LogP contribution in [0, 0.1) is 0 Å². The highest BCUT2D eigenvalue weighted by Crippen LogP contribution is 2.20. The van der Waals surface area contributed by atoms with E-state index in [1.807, 2.05) is 18.4 Å². The van der Waals surface area contributed by atoms with Crippen LogP contribution in [0.4, 0.5) is 5.95 Å². The molecule has 0 aliphatic heterocycles. The summed E-state index contributed by atoms with van der Waals surface area (Å²) in [6.45, 7) is 2.02. The second kappa shape index (κ2) is 5.30. The van der Waals surface area contributed by atoms with Gasteiger partial charge in [0, 0.05) is 0 Å². The molecule has 0 saturated heterocycles. The molecule has 0 aliphatic carbocycles. The highest BCUT2D eigenvalue weighted by molar-refractivity contribution is 7.12. The van der Waals surface area contributed by atoms with E-state index >= 15 is 0 Å². The molecule has 0 saturated carbocycles. The summed E-state index contributed by atoms with van der Waals surface area (Å²) in [5, 5.41) is 11.3. The zero-order chi connectivity index (χ0) is 13.9. The Labute approximate surface area is 118 Å². The Hall–Kier alpha value is -2.41. The molecule has 0 atom stereocenters. The molecule has 3 rings (SSSR count). The molecule has 3 aromatic rings. The summed E-state index contributed by atoms with van der Waals surface area (Å²) in [5.74, 6) is 0.618. The quantitative estimate of drug-likeness (QED) is 0.773. The number of furan rings is 1. The Morgan fingerprint density at radius 2 is 2.40 bits per heavy atom. The first-order valence-electron chi connectivity index (χ1n) is 6.10. The van der Waals surface area contributed by atoms with Crippen molar-refractivity contribution in [2.75, 3.05) is 5.32 Å². The van der Waals surface area contributed by atoms with E-state index in [-0.39, 0.29) is 11.9 Å². The van der Waals surface area contributed by atoms with Crippen molar-refractivity contribution in [1.29, 1.82) is 0 Å². The van der Waals surface area contributed by atoms with Crippen LogP contribution in [0.25, 0.3) is 11.4 Å². The van der Waals surface area contributed by atoms with Crippen molar-refractivity contribution in [3.05, 3.63) is 40.5 Å². The van der Waals surface area contributed by atoms with Gasteiger partial charge in [0.15, 0.2) is 5.82 Å². The molecule has 1 amide bonds. The fourth-order valence-corrected chi connectivity index (χ4v) is 2.71. The molecule has 20 heavy (non-hydrogen) atoms. The van der Waals surface area contributed by atoms with Crippen molar-refractivity contribution < 1.29 is 9.21 Å². The Bertz CT molecular complexity index is 714. The van der Waals surface area contributed by atoms with Crippen LogP contribution < -0.4 is 5.32 Å². The predicted octanol–water partition coefficient (Wildman–Crippen LogP) is 2.94. The molecule has 0 spiro atoms. The molecule has 102 valence electrons. The maximum Gasteiger partial charge on any atom is 0.268 e. The molecule has 7 heteroatoms. The number of carbonyl (C=O) groups is 1. The maximum atomic E-state index is 12.1. The third-order valence-electron chi connectivity index (χ3n) is 2.84. The van der Waals surface area contributed by atoms with Crippen LogP contribution in [0.3, 0.4) is 0 Å². The Balaban J connectivity index is 1.77. The highest BCUT2D eigenvalue weighted by atomic mass is 32.1. The largest absolute Gasteiger partial charge is 0.472 e. The summed E-state index contributed by atoms with van der Waals surface area (Å²) < 4.78 is 4.97. The maximum absolute atomic E-state index is 12.1. The van der Waals surface area contributed by atoms with E-state index in [1.165, 1.54) is 11.3 Å². The highest BCUT2D eigenvalue weighted by Gasteiger charge is 2.15. The molecule has 2 N–H and O–H groups in total. The fourth-order valence-electron chi connectivity index (χ4n) is 1.82. The number of amides is 1. The second-order valence-corrected chi connectivity index (χ2v) is 5.02. The SMILES string of the molecule is CCc1ccsc1C(=O)Nc1n[nH]c(-c2ccoc2)n1. The zero-order valence-corrected chi connectivity index (χ0v) is 11.5. The van der Waals surface area contributed by atoms with E-state index in [1.54, 1.807) is 18.6 Å². The number of hydrogen-bond acceptors (Lipinski definition) is 5. The smallest absolute Gasteiger partial charge is 0.268 e. The predicted molar refractivity (Wildman–Crippen MR) is 75.7 cm³/mol. The van der Waals surface area contributed by atoms with E-state index in [9.17, 15) is 4.79 Å². The number of aromatic amines is 1. The normalized spacial score (nSPS) is 10.7. The molecular weight excluding hydrogens is 276 g/mol. The van der Waals surface area contributed by atoms with Gasteiger partial charge in [0.2, 0.25) is 5.95 Å². The standard InChI is InChI=1S/C13H12N4O2S/c1-2-8-4-6-20-10(8)12(18)15-13-14-11(16-17-13)9-3-5-19-7-9/h3-7H,2H2,1H3,(H2,14,15,16,17,18). The number of aryl methyl sites for hydroxylation is 1. The Morgan fingerprint density at radius 3 is 3.15 bits per heavy atom. The van der Waals surface area contributed by atoms with Crippen molar-refractivity contribution in [1.82, 2.24) is 15.2 Å². The number of rotatable bonds is 4. The Kier molecular flexibility index (Phi) is 3.34. The summed E-state index contributed by atoms with van der Waals surface area (Å²) in [6.07, 6.45) is 3.93. The first-order chi connectivity index (χ1) is 9.78. The molecule has 0 aromatic carbocycles. The van der Waals surface area contributed by atoms with Gasteiger partial charge >= 0.3 is 0 Å². The molecule has 0 bridgehead atoms. The number of H-pyrrole nitrogens is 1. The van der Waals surface area contributed by atoms with Gasteiger partial charge in [-0.2, -0.15) is 4.98 Å². The average molecular weight is 288 g/mol. The van der Waals surface area contributed by atoms with E-state index in [0.717, 1.165) is 17.5 Å². The van der Waals surface area contributed by atoms with E-state index in [2.05, 4.69) is 20.5 Å². The topological polar surface area (TPSA) is 83.8 Å². The molecule has 0 aliphatic rings. The molecular formula is C13H12N4O2S. The van der Waals surface area contributed by atoms with E-state index < -0.39 is 0 Å². The molecule has 0 radical (unpaired) electrons.